The van der Waals surface area contributed by atoms with E-state index in [0.717, 1.165) is 5.56 Å². The lowest BCUT2D eigenvalue weighted by Crippen LogP contribution is -2.36. The van der Waals surface area contributed by atoms with Gasteiger partial charge >= 0.3 is 6.09 Å². The van der Waals surface area contributed by atoms with Crippen molar-refractivity contribution in [2.75, 3.05) is 19.6 Å². The number of carbonyl (C=O) groups is 2. The average Bonchev–Trinajstić information content (AvgIpc) is 3.50. The Labute approximate surface area is 218 Å². The van der Waals surface area contributed by atoms with Gasteiger partial charge in [-0.1, -0.05) is 19.9 Å². The van der Waals surface area contributed by atoms with E-state index in [1.165, 1.54) is 4.90 Å². The van der Waals surface area contributed by atoms with Crippen LogP contribution >= 0.6 is 11.6 Å². The molecule has 1 fully saturated rings. The lowest BCUT2D eigenvalue weighted by Gasteiger charge is -2.16. The van der Waals surface area contributed by atoms with Gasteiger partial charge < -0.3 is 14.5 Å². The second kappa shape index (κ2) is 10.1. The molecule has 1 N–H and O–H groups in total. The van der Waals surface area contributed by atoms with Crippen molar-refractivity contribution in [2.24, 2.45) is 4.99 Å². The van der Waals surface area contributed by atoms with Crippen molar-refractivity contribution in [3.05, 3.63) is 65.2 Å². The molecule has 37 heavy (non-hydrogen) atoms. The standard InChI is InChI=1S/C27H24ClN5O4/c1-15(2)21-9-16(11-29)10-22-24(21)37-26(32-22)18-5-3-17(4-6-18)25(34)31-13-20-14-33(27(35)36-20)23-8-7-19(28)12-30-23/h3-10,15,19-20H,12-14H2,1-2H3,(H,31,34)/t19?,20-/m1/s1. The molecule has 1 saturated heterocycles. The maximum absolute atomic E-state index is 12.7. The number of nitrogens with one attached hydrogen (secondary N) is 1. The van der Waals surface area contributed by atoms with Crippen molar-refractivity contribution in [2.45, 2.75) is 31.2 Å². The molecule has 1 aromatic heterocycles. The molecule has 9 nitrogen and oxygen atoms in total. The number of amidine groups is 1. The van der Waals surface area contributed by atoms with Crippen molar-refractivity contribution >= 4 is 40.5 Å². The lowest BCUT2D eigenvalue weighted by atomic mass is 10.00. The second-order valence-corrected chi connectivity index (χ2v) is 9.74. The molecule has 3 heterocycles. The van der Waals surface area contributed by atoms with Crippen LogP contribution in [0.3, 0.4) is 0 Å². The van der Waals surface area contributed by atoms with Gasteiger partial charge in [0.05, 0.1) is 36.6 Å². The molecule has 0 saturated carbocycles. The molecule has 2 aromatic carbocycles. The van der Waals surface area contributed by atoms with Crippen LogP contribution in [0.1, 0.15) is 41.3 Å². The van der Waals surface area contributed by atoms with Gasteiger partial charge in [-0.05, 0) is 48.4 Å². The van der Waals surface area contributed by atoms with Gasteiger partial charge in [0.2, 0.25) is 5.89 Å². The maximum Gasteiger partial charge on any atom is 0.416 e. The van der Waals surface area contributed by atoms with Crippen LogP contribution in [0.5, 0.6) is 0 Å². The Morgan fingerprint density at radius 2 is 2.08 bits per heavy atom. The topological polar surface area (TPSA) is 121 Å². The number of oxazole rings is 1. The molecule has 2 aliphatic heterocycles. The average molecular weight is 518 g/mol. The smallest absolute Gasteiger partial charge is 0.416 e. The number of nitriles is 1. The normalized spacial score (nSPS) is 19.2. The van der Waals surface area contributed by atoms with E-state index in [-0.39, 0.29) is 30.3 Å². The van der Waals surface area contributed by atoms with E-state index >= 15 is 0 Å². The van der Waals surface area contributed by atoms with Crippen molar-refractivity contribution in [1.82, 2.24) is 15.2 Å². The molecule has 5 rings (SSSR count). The summed E-state index contributed by atoms with van der Waals surface area (Å²) < 4.78 is 11.4. The number of benzene rings is 2. The monoisotopic (exact) mass is 517 g/mol. The number of rotatable bonds is 5. The van der Waals surface area contributed by atoms with Gasteiger partial charge in [0, 0.05) is 16.7 Å². The lowest BCUT2D eigenvalue weighted by molar-refractivity contribution is 0.0915. The zero-order valence-electron chi connectivity index (χ0n) is 20.3. The van der Waals surface area contributed by atoms with Crippen LogP contribution in [0, 0.1) is 11.3 Å². The predicted octanol–water partition coefficient (Wildman–Crippen LogP) is 4.62. The highest BCUT2D eigenvalue weighted by atomic mass is 35.5. The Balaban J connectivity index is 1.23. The van der Waals surface area contributed by atoms with Crippen molar-refractivity contribution in [3.63, 3.8) is 0 Å². The van der Waals surface area contributed by atoms with Crippen LogP contribution in [0.4, 0.5) is 4.79 Å². The number of cyclic esters (lactones) is 1. The van der Waals surface area contributed by atoms with Crippen molar-refractivity contribution in [3.8, 4) is 17.5 Å². The highest BCUT2D eigenvalue weighted by Gasteiger charge is 2.34. The molecule has 2 aliphatic rings. The molecule has 2 atom stereocenters. The molecule has 3 aromatic rings. The van der Waals surface area contributed by atoms with Crippen LogP contribution in [0.15, 0.2) is 58.0 Å². The van der Waals surface area contributed by atoms with Gasteiger partial charge in [0.15, 0.2) is 5.58 Å². The van der Waals surface area contributed by atoms with E-state index in [9.17, 15) is 14.9 Å². The van der Waals surface area contributed by atoms with Crippen LogP contribution in [0.25, 0.3) is 22.6 Å². The van der Waals surface area contributed by atoms with Crippen molar-refractivity contribution in [1.29, 1.82) is 5.26 Å². The minimum Gasteiger partial charge on any atom is -0.442 e. The van der Waals surface area contributed by atoms with Crippen LogP contribution in [-0.4, -0.2) is 58.8 Å². The number of ether oxygens (including phenoxy) is 1. The van der Waals surface area contributed by atoms with E-state index < -0.39 is 12.2 Å². The summed E-state index contributed by atoms with van der Waals surface area (Å²) >= 11 is 5.99. The number of aromatic nitrogens is 1. The van der Waals surface area contributed by atoms with Gasteiger partial charge in [-0.2, -0.15) is 5.26 Å². The number of hydrogen-bond acceptors (Lipinski definition) is 7. The SMILES string of the molecule is CC(C)c1cc(C#N)cc2nc(-c3ccc(C(=O)NC[C@@H]4CN(C5=NCC(Cl)C=C5)C(=O)O4)cc3)oc12. The number of fused-ring (bicyclic) bond motifs is 1. The molecule has 10 heteroatoms. The van der Waals surface area contributed by atoms with E-state index in [4.69, 9.17) is 20.8 Å². The molecule has 188 valence electrons. The van der Waals surface area contributed by atoms with E-state index in [1.54, 1.807) is 42.5 Å². The summed E-state index contributed by atoms with van der Waals surface area (Å²) in [7, 11) is 0. The fourth-order valence-corrected chi connectivity index (χ4v) is 4.37. The minimum absolute atomic E-state index is 0.166. The van der Waals surface area contributed by atoms with Gasteiger partial charge in [-0.15, -0.1) is 11.6 Å². The number of carbonyl (C=O) groups excluding carboxylic acids is 2. The fraction of sp³-hybridized carbons (Fsp3) is 0.296. The molecule has 1 unspecified atom stereocenters. The quantitative estimate of drug-likeness (QED) is 0.493. The largest absolute Gasteiger partial charge is 0.442 e. The number of halogens is 1. The highest BCUT2D eigenvalue weighted by Crippen LogP contribution is 2.31. The summed E-state index contributed by atoms with van der Waals surface area (Å²) in [6.45, 7) is 4.93. The van der Waals surface area contributed by atoms with Crippen LogP contribution in [0.2, 0.25) is 0 Å². The summed E-state index contributed by atoms with van der Waals surface area (Å²) in [6.07, 6.45) is 2.49. The first-order valence-electron chi connectivity index (χ1n) is 11.9. The van der Waals surface area contributed by atoms with Gasteiger partial charge in [-0.25, -0.2) is 9.78 Å². The third-order valence-corrected chi connectivity index (χ3v) is 6.47. The van der Waals surface area contributed by atoms with E-state index in [2.05, 4.69) is 21.4 Å². The van der Waals surface area contributed by atoms with Gasteiger partial charge in [0.25, 0.3) is 5.91 Å². The molecule has 0 aliphatic carbocycles. The molecule has 0 spiro atoms. The Bertz CT molecular complexity index is 1470. The number of amides is 2. The summed E-state index contributed by atoms with van der Waals surface area (Å²) in [6, 6.07) is 12.6. The van der Waals surface area contributed by atoms with E-state index in [0.29, 0.717) is 46.1 Å². The molecule has 2 amide bonds. The predicted molar refractivity (Wildman–Crippen MR) is 139 cm³/mol. The first-order valence-corrected chi connectivity index (χ1v) is 12.3. The Morgan fingerprint density at radius 1 is 1.30 bits per heavy atom. The number of nitrogens with zero attached hydrogens (tertiary/aromatic N) is 4. The summed E-state index contributed by atoms with van der Waals surface area (Å²) in [5.41, 5.74) is 3.89. The van der Waals surface area contributed by atoms with Gasteiger partial charge in [0.1, 0.15) is 17.5 Å². The third kappa shape index (κ3) is 5.06. The van der Waals surface area contributed by atoms with Crippen LogP contribution < -0.4 is 5.32 Å². The molecular weight excluding hydrogens is 494 g/mol. The Hall–Kier alpha value is -4.16. The second-order valence-electron chi connectivity index (χ2n) is 9.18. The highest BCUT2D eigenvalue weighted by molar-refractivity contribution is 6.22. The zero-order valence-corrected chi connectivity index (χ0v) is 21.0. The third-order valence-electron chi connectivity index (χ3n) is 6.19. The number of hydrogen-bond donors (Lipinski definition) is 1. The minimum atomic E-state index is -0.499. The first-order chi connectivity index (χ1) is 17.8. The zero-order chi connectivity index (χ0) is 26.1. The maximum atomic E-state index is 12.7. The summed E-state index contributed by atoms with van der Waals surface area (Å²) in [5.74, 6) is 0.796. The Kier molecular flexibility index (Phi) is 6.68. The number of alkyl halides is 1. The molecule has 0 bridgehead atoms. The van der Waals surface area contributed by atoms with Crippen LogP contribution in [-0.2, 0) is 4.74 Å². The Morgan fingerprint density at radius 3 is 2.76 bits per heavy atom. The van der Waals surface area contributed by atoms with E-state index in [1.807, 2.05) is 19.9 Å². The van der Waals surface area contributed by atoms with Gasteiger partial charge in [-0.3, -0.25) is 14.7 Å². The fourth-order valence-electron chi connectivity index (χ4n) is 4.22. The molecular formula is C27H24ClN5O4. The molecule has 0 radical (unpaired) electrons. The summed E-state index contributed by atoms with van der Waals surface area (Å²) in [5, 5.41) is 12.0. The van der Waals surface area contributed by atoms with Crippen molar-refractivity contribution < 1.29 is 18.7 Å². The number of aliphatic imine (C=N–C) groups is 1. The summed E-state index contributed by atoms with van der Waals surface area (Å²) in [4.78, 5) is 35.2. The number of dihydropyridines is 1. The first kappa shape index (κ1) is 24.5.